The molecule has 118 valence electrons. The topological polar surface area (TPSA) is 102 Å². The molecule has 0 aromatic heterocycles. The number of methoxy groups -OCH3 is 1. The van der Waals surface area contributed by atoms with Crippen LogP contribution in [-0.4, -0.2) is 46.2 Å². The highest BCUT2D eigenvalue weighted by molar-refractivity contribution is 7.89. The Morgan fingerprint density at radius 1 is 1.38 bits per heavy atom. The number of rotatable bonds is 6. The van der Waals surface area contributed by atoms with Gasteiger partial charge in [-0.3, -0.25) is 0 Å². The van der Waals surface area contributed by atoms with Gasteiger partial charge in [-0.05, 0) is 24.6 Å². The van der Waals surface area contributed by atoms with Crippen LogP contribution < -0.4 is 10.5 Å². The van der Waals surface area contributed by atoms with E-state index in [-0.39, 0.29) is 17.0 Å². The van der Waals surface area contributed by atoms with Crippen molar-refractivity contribution in [3.63, 3.8) is 0 Å². The Morgan fingerprint density at radius 3 is 2.43 bits per heavy atom. The minimum Gasteiger partial charge on any atom is -0.383 e. The number of nitrogens with one attached hydrogen (secondary N) is 1. The molecule has 0 heterocycles. The van der Waals surface area contributed by atoms with Crippen LogP contribution in [0.2, 0.25) is 0 Å². The summed E-state index contributed by atoms with van der Waals surface area (Å²) in [6, 6.07) is 5.77. The van der Waals surface area contributed by atoms with Crippen LogP contribution in [0, 0.1) is 0 Å². The molecule has 1 aromatic carbocycles. The molecule has 0 spiro atoms. The second-order valence-electron chi connectivity index (χ2n) is 4.76. The first-order valence-electron chi connectivity index (χ1n) is 6.37. The van der Waals surface area contributed by atoms with Gasteiger partial charge in [-0.25, -0.2) is 18.4 Å². The average Bonchev–Trinajstić information content (AvgIpc) is 2.43. The van der Waals surface area contributed by atoms with E-state index in [0.717, 1.165) is 5.56 Å². The number of nitrogens with zero attached hydrogens (tertiary/aromatic N) is 1. The fourth-order valence-corrected chi connectivity index (χ4v) is 2.17. The molecule has 2 amide bonds. The standard InChI is InChI=1S/C13H21N3O4S/c1-10(9-20-3)16(2)13(17)15-8-11-4-6-12(7-5-11)21(14,18)19/h4-7,10H,8-9H2,1-3H3,(H,15,17)(H2,14,18,19). The number of primary sulfonamides is 1. The van der Waals surface area contributed by atoms with Crippen LogP contribution in [0.3, 0.4) is 0 Å². The lowest BCUT2D eigenvalue weighted by Crippen LogP contribution is -2.43. The molecule has 0 saturated carbocycles. The molecule has 1 atom stereocenters. The van der Waals surface area contributed by atoms with Crippen molar-refractivity contribution in [2.75, 3.05) is 20.8 Å². The predicted octanol–water partition coefficient (Wildman–Crippen LogP) is 0.510. The number of hydrogen-bond donors (Lipinski definition) is 2. The van der Waals surface area contributed by atoms with Crippen molar-refractivity contribution in [1.29, 1.82) is 0 Å². The van der Waals surface area contributed by atoms with Crippen LogP contribution in [0.4, 0.5) is 4.79 Å². The summed E-state index contributed by atoms with van der Waals surface area (Å²) in [4.78, 5) is 13.5. The normalized spacial score (nSPS) is 12.8. The van der Waals surface area contributed by atoms with Gasteiger partial charge in [-0.2, -0.15) is 0 Å². The summed E-state index contributed by atoms with van der Waals surface area (Å²) in [7, 11) is -0.429. The lowest BCUT2D eigenvalue weighted by atomic mass is 10.2. The number of ether oxygens (including phenoxy) is 1. The number of benzene rings is 1. The molecule has 0 saturated heterocycles. The molecule has 0 aliphatic rings. The third-order valence-electron chi connectivity index (χ3n) is 3.08. The molecular weight excluding hydrogens is 294 g/mol. The predicted molar refractivity (Wildman–Crippen MR) is 79.2 cm³/mol. The number of sulfonamides is 1. The quantitative estimate of drug-likeness (QED) is 0.798. The van der Waals surface area contributed by atoms with E-state index < -0.39 is 10.0 Å². The van der Waals surface area contributed by atoms with Gasteiger partial charge in [-0.1, -0.05) is 12.1 Å². The first kappa shape index (κ1) is 17.4. The van der Waals surface area contributed by atoms with Gasteiger partial charge < -0.3 is 15.0 Å². The molecule has 1 unspecified atom stereocenters. The Kier molecular flexibility index (Phi) is 6.13. The van der Waals surface area contributed by atoms with E-state index >= 15 is 0 Å². The van der Waals surface area contributed by atoms with E-state index in [1.165, 1.54) is 12.1 Å². The fourth-order valence-electron chi connectivity index (χ4n) is 1.65. The summed E-state index contributed by atoms with van der Waals surface area (Å²) in [5.74, 6) is 0. The number of carbonyl (C=O) groups excluding carboxylic acids is 1. The van der Waals surface area contributed by atoms with Gasteiger partial charge in [0, 0.05) is 20.7 Å². The number of nitrogens with two attached hydrogens (primary N) is 1. The highest BCUT2D eigenvalue weighted by atomic mass is 32.2. The zero-order valence-electron chi connectivity index (χ0n) is 12.4. The molecule has 0 aliphatic heterocycles. The van der Waals surface area contributed by atoms with Crippen molar-refractivity contribution in [2.24, 2.45) is 5.14 Å². The van der Waals surface area contributed by atoms with E-state index in [4.69, 9.17) is 9.88 Å². The first-order chi connectivity index (χ1) is 9.75. The third-order valence-corrected chi connectivity index (χ3v) is 4.01. The number of urea groups is 1. The third kappa shape index (κ3) is 5.33. The number of amides is 2. The molecule has 0 fully saturated rings. The van der Waals surface area contributed by atoms with Crippen LogP contribution in [0.1, 0.15) is 12.5 Å². The van der Waals surface area contributed by atoms with Crippen molar-refractivity contribution in [3.05, 3.63) is 29.8 Å². The SMILES string of the molecule is COCC(C)N(C)C(=O)NCc1ccc(S(N)(=O)=O)cc1. The van der Waals surface area contributed by atoms with Gasteiger partial charge in [-0.15, -0.1) is 0 Å². The molecule has 21 heavy (non-hydrogen) atoms. The minimum absolute atomic E-state index is 0.0419. The highest BCUT2D eigenvalue weighted by Gasteiger charge is 2.15. The van der Waals surface area contributed by atoms with Crippen molar-refractivity contribution in [3.8, 4) is 0 Å². The second kappa shape index (κ2) is 7.39. The zero-order chi connectivity index (χ0) is 16.0. The van der Waals surface area contributed by atoms with E-state index in [0.29, 0.717) is 13.2 Å². The van der Waals surface area contributed by atoms with Crippen molar-refractivity contribution in [2.45, 2.75) is 24.4 Å². The van der Waals surface area contributed by atoms with E-state index in [1.54, 1.807) is 31.2 Å². The molecule has 8 heteroatoms. The summed E-state index contributed by atoms with van der Waals surface area (Å²) in [6.07, 6.45) is 0. The molecule has 0 bridgehead atoms. The van der Waals surface area contributed by atoms with Crippen LogP contribution in [0.5, 0.6) is 0 Å². The Hall–Kier alpha value is -1.64. The maximum Gasteiger partial charge on any atom is 0.317 e. The van der Waals surface area contributed by atoms with Gasteiger partial charge in [0.05, 0.1) is 17.5 Å². The number of hydrogen-bond acceptors (Lipinski definition) is 4. The smallest absolute Gasteiger partial charge is 0.317 e. The molecular formula is C13H21N3O4S. The summed E-state index contributed by atoms with van der Waals surface area (Å²) in [5.41, 5.74) is 0.781. The summed E-state index contributed by atoms with van der Waals surface area (Å²) < 4.78 is 27.2. The van der Waals surface area contributed by atoms with Crippen LogP contribution in [0.25, 0.3) is 0 Å². The maximum absolute atomic E-state index is 11.9. The monoisotopic (exact) mass is 315 g/mol. The van der Waals surface area contributed by atoms with Crippen LogP contribution >= 0.6 is 0 Å². The first-order valence-corrected chi connectivity index (χ1v) is 7.91. The largest absolute Gasteiger partial charge is 0.383 e. The van der Waals surface area contributed by atoms with Gasteiger partial charge in [0.25, 0.3) is 0 Å². The Bertz CT molecular complexity index is 572. The van der Waals surface area contributed by atoms with Gasteiger partial charge >= 0.3 is 6.03 Å². The van der Waals surface area contributed by atoms with Crippen molar-refractivity contribution < 1.29 is 17.9 Å². The summed E-state index contributed by atoms with van der Waals surface area (Å²) in [6.45, 7) is 2.63. The van der Waals surface area contributed by atoms with Gasteiger partial charge in [0.15, 0.2) is 0 Å². The highest BCUT2D eigenvalue weighted by Crippen LogP contribution is 2.08. The second-order valence-corrected chi connectivity index (χ2v) is 6.32. The number of carbonyl (C=O) groups is 1. The summed E-state index contributed by atoms with van der Waals surface area (Å²) >= 11 is 0. The Balaban J connectivity index is 2.57. The zero-order valence-corrected chi connectivity index (χ0v) is 13.2. The molecule has 0 aliphatic carbocycles. The average molecular weight is 315 g/mol. The number of likely N-dealkylation sites (N-methyl/N-ethyl adjacent to an activating group) is 1. The van der Waals surface area contributed by atoms with Crippen LogP contribution in [-0.2, 0) is 21.3 Å². The summed E-state index contributed by atoms with van der Waals surface area (Å²) in [5, 5.41) is 7.76. The molecule has 7 nitrogen and oxygen atoms in total. The van der Waals surface area contributed by atoms with E-state index in [1.807, 2.05) is 6.92 Å². The molecule has 0 radical (unpaired) electrons. The van der Waals surface area contributed by atoms with E-state index in [9.17, 15) is 13.2 Å². The lowest BCUT2D eigenvalue weighted by molar-refractivity contribution is 0.123. The maximum atomic E-state index is 11.9. The van der Waals surface area contributed by atoms with Crippen LogP contribution in [0.15, 0.2) is 29.2 Å². The Morgan fingerprint density at radius 2 is 1.95 bits per heavy atom. The molecule has 1 aromatic rings. The van der Waals surface area contributed by atoms with Crippen molar-refractivity contribution in [1.82, 2.24) is 10.2 Å². The van der Waals surface area contributed by atoms with Gasteiger partial charge in [0.2, 0.25) is 10.0 Å². The minimum atomic E-state index is -3.69. The van der Waals surface area contributed by atoms with Gasteiger partial charge in [0.1, 0.15) is 0 Å². The van der Waals surface area contributed by atoms with Crippen molar-refractivity contribution >= 4 is 16.1 Å². The lowest BCUT2D eigenvalue weighted by Gasteiger charge is -2.24. The van der Waals surface area contributed by atoms with E-state index in [2.05, 4.69) is 5.32 Å². The molecule has 3 N–H and O–H groups in total. The Labute approximate surface area is 125 Å². The molecule has 1 rings (SSSR count). The fraction of sp³-hybridized carbons (Fsp3) is 0.462.